The van der Waals surface area contributed by atoms with E-state index in [0.717, 1.165) is 37.4 Å². The number of hydrogen-bond acceptors (Lipinski definition) is 9. The molecule has 2 aliphatic rings. The molecule has 0 spiro atoms. The van der Waals surface area contributed by atoms with E-state index < -0.39 is 0 Å². The highest BCUT2D eigenvalue weighted by molar-refractivity contribution is 6.42. The van der Waals surface area contributed by atoms with Crippen LogP contribution in [0, 0.1) is 0 Å². The molecule has 2 aliphatic heterocycles. The summed E-state index contributed by atoms with van der Waals surface area (Å²) in [5.74, 6) is 6.50. The van der Waals surface area contributed by atoms with E-state index in [1.54, 1.807) is 30.4 Å². The molecule has 0 aromatic heterocycles. The van der Waals surface area contributed by atoms with E-state index >= 15 is 0 Å². The first-order valence-corrected chi connectivity index (χ1v) is 13.5. The lowest BCUT2D eigenvalue weighted by atomic mass is 10.0. The Morgan fingerprint density at radius 2 is 2.00 bits per heavy atom. The van der Waals surface area contributed by atoms with Gasteiger partial charge in [0.1, 0.15) is 23.1 Å². The first kappa shape index (κ1) is 29.5. The molecule has 214 valence electrons. The minimum atomic E-state index is -0.338. The lowest BCUT2D eigenvalue weighted by Gasteiger charge is -2.35. The fourth-order valence-corrected chi connectivity index (χ4v) is 5.08. The van der Waals surface area contributed by atoms with Crippen molar-refractivity contribution in [2.75, 3.05) is 57.2 Å². The lowest BCUT2D eigenvalue weighted by molar-refractivity contribution is -0.111. The topological polar surface area (TPSA) is 134 Å². The molecule has 2 fully saturated rings. The van der Waals surface area contributed by atoms with Crippen LogP contribution in [0.2, 0.25) is 10.0 Å². The standard InChI is InChI=1S/C27H34Cl2N8O3/c1-4-26(38)33-19-14-20(23(39-3)15-22(19)36-11-9-35(2)10-12-36)32-24(30)16-25(34-31)37-21(8-13-40-37)17-6-5-7-18(28)27(17)29/h4-7,14-16,21,34H,1,8-13,31H2,2-3H3,(H2,30,32)(H,33,38)/b25-16+/t21-/m1/s1. The molecule has 0 aliphatic carbocycles. The van der Waals surface area contributed by atoms with E-state index in [-0.39, 0.29) is 17.8 Å². The van der Waals surface area contributed by atoms with Crippen LogP contribution in [0.15, 0.2) is 59.9 Å². The van der Waals surface area contributed by atoms with E-state index in [1.807, 2.05) is 18.2 Å². The quantitative estimate of drug-likeness (QED) is 0.114. The fourth-order valence-electron chi connectivity index (χ4n) is 4.65. The maximum Gasteiger partial charge on any atom is 0.247 e. The molecule has 4 rings (SSSR count). The van der Waals surface area contributed by atoms with Crippen molar-refractivity contribution >= 4 is 52.0 Å². The van der Waals surface area contributed by atoms with E-state index in [1.165, 1.54) is 6.08 Å². The summed E-state index contributed by atoms with van der Waals surface area (Å²) in [4.78, 5) is 27.1. The van der Waals surface area contributed by atoms with Crippen molar-refractivity contribution < 1.29 is 14.4 Å². The molecular weight excluding hydrogens is 555 g/mol. The van der Waals surface area contributed by atoms with Gasteiger partial charge in [0.15, 0.2) is 0 Å². The van der Waals surface area contributed by atoms with Crippen LogP contribution >= 0.6 is 23.2 Å². The van der Waals surface area contributed by atoms with Gasteiger partial charge in [-0.25, -0.2) is 15.9 Å². The lowest BCUT2D eigenvalue weighted by Crippen LogP contribution is -2.44. The minimum Gasteiger partial charge on any atom is -0.494 e. The molecule has 1 amide bonds. The van der Waals surface area contributed by atoms with Crippen molar-refractivity contribution in [3.63, 3.8) is 0 Å². The van der Waals surface area contributed by atoms with Crippen LogP contribution in [0.5, 0.6) is 5.75 Å². The Morgan fingerprint density at radius 3 is 2.67 bits per heavy atom. The Kier molecular flexibility index (Phi) is 9.77. The van der Waals surface area contributed by atoms with Gasteiger partial charge in [-0.05, 0) is 30.8 Å². The summed E-state index contributed by atoms with van der Waals surface area (Å²) in [6.07, 6.45) is 3.42. The number of halogens is 2. The molecule has 6 N–H and O–H groups in total. The number of likely N-dealkylation sites (N-methyl/N-ethyl adjacent to an activating group) is 1. The molecule has 13 heteroatoms. The second-order valence-corrected chi connectivity index (χ2v) is 10.1. The van der Waals surface area contributed by atoms with E-state index in [2.05, 4.69) is 39.2 Å². The van der Waals surface area contributed by atoms with Gasteiger partial charge in [0, 0.05) is 44.7 Å². The third kappa shape index (κ3) is 6.62. The number of carbonyl (C=O) groups excluding carboxylic acids is 1. The van der Waals surface area contributed by atoms with Crippen molar-refractivity contribution in [1.29, 1.82) is 0 Å². The zero-order chi connectivity index (χ0) is 28.8. The second kappa shape index (κ2) is 13.2. The summed E-state index contributed by atoms with van der Waals surface area (Å²) in [5, 5.41) is 5.38. The van der Waals surface area contributed by atoms with Crippen molar-refractivity contribution in [3.8, 4) is 5.75 Å². The molecule has 40 heavy (non-hydrogen) atoms. The Bertz CT molecular complexity index is 1310. The van der Waals surface area contributed by atoms with Crippen molar-refractivity contribution in [1.82, 2.24) is 15.4 Å². The van der Waals surface area contributed by atoms with Gasteiger partial charge in [-0.2, -0.15) is 0 Å². The number of hydrazine groups is 1. The number of nitrogens with two attached hydrogens (primary N) is 2. The number of piperazine rings is 1. The number of anilines is 2. The third-order valence-corrected chi connectivity index (χ3v) is 7.58. The van der Waals surface area contributed by atoms with E-state index in [0.29, 0.717) is 46.0 Å². The van der Waals surface area contributed by atoms with Gasteiger partial charge in [-0.3, -0.25) is 9.63 Å². The number of hydroxylamine groups is 2. The Labute approximate surface area is 243 Å². The van der Waals surface area contributed by atoms with Crippen molar-refractivity contribution in [3.05, 3.63) is 70.5 Å². The number of aliphatic imine (C=N–C) groups is 1. The summed E-state index contributed by atoms with van der Waals surface area (Å²) in [5.41, 5.74) is 11.6. The minimum absolute atomic E-state index is 0.117. The summed E-state index contributed by atoms with van der Waals surface area (Å²) >= 11 is 12.7. The van der Waals surface area contributed by atoms with Crippen LogP contribution < -0.4 is 32.0 Å². The number of nitrogens with zero attached hydrogens (tertiary/aromatic N) is 4. The van der Waals surface area contributed by atoms with Crippen LogP contribution in [0.4, 0.5) is 17.1 Å². The SMILES string of the molecule is C=CC(=O)Nc1cc(N=C(N)/C=C(\NN)N2OCC[C@@H]2c2cccc(Cl)c2Cl)c(OC)cc1N1CCN(C)CC1. The first-order chi connectivity index (χ1) is 19.2. The number of carbonyl (C=O) groups is 1. The monoisotopic (exact) mass is 588 g/mol. The highest BCUT2D eigenvalue weighted by atomic mass is 35.5. The average molecular weight is 590 g/mol. The summed E-state index contributed by atoms with van der Waals surface area (Å²) < 4.78 is 5.66. The van der Waals surface area contributed by atoms with Crippen LogP contribution in [-0.2, 0) is 9.63 Å². The average Bonchev–Trinajstić information content (AvgIpc) is 3.43. The molecule has 11 nitrogen and oxygen atoms in total. The van der Waals surface area contributed by atoms with Crippen LogP contribution in [-0.4, -0.2) is 68.6 Å². The first-order valence-electron chi connectivity index (χ1n) is 12.7. The van der Waals surface area contributed by atoms with Crippen LogP contribution in [0.25, 0.3) is 0 Å². The van der Waals surface area contributed by atoms with Gasteiger partial charge in [0.2, 0.25) is 5.91 Å². The number of methoxy groups -OCH3 is 1. The second-order valence-electron chi connectivity index (χ2n) is 9.34. The Hall–Kier alpha value is -3.48. The number of amides is 1. The molecule has 0 bridgehead atoms. The van der Waals surface area contributed by atoms with Gasteiger partial charge in [-0.1, -0.05) is 41.9 Å². The Morgan fingerprint density at radius 1 is 1.25 bits per heavy atom. The predicted molar refractivity (Wildman–Crippen MR) is 160 cm³/mol. The molecule has 0 saturated carbocycles. The zero-order valence-electron chi connectivity index (χ0n) is 22.5. The number of ether oxygens (including phenoxy) is 1. The van der Waals surface area contributed by atoms with Crippen molar-refractivity contribution in [2.24, 2.45) is 16.6 Å². The number of benzene rings is 2. The van der Waals surface area contributed by atoms with Crippen molar-refractivity contribution in [2.45, 2.75) is 12.5 Å². The number of amidine groups is 1. The molecule has 2 aromatic rings. The van der Waals surface area contributed by atoms with Gasteiger partial charge in [0.25, 0.3) is 0 Å². The van der Waals surface area contributed by atoms with Gasteiger partial charge in [-0.15, -0.1) is 0 Å². The van der Waals surface area contributed by atoms with E-state index in [4.69, 9.17) is 44.4 Å². The van der Waals surface area contributed by atoms with Gasteiger partial charge in [0.05, 0.1) is 41.2 Å². The maximum atomic E-state index is 12.3. The number of hydrogen-bond donors (Lipinski definition) is 4. The van der Waals surface area contributed by atoms with E-state index in [9.17, 15) is 4.79 Å². The smallest absolute Gasteiger partial charge is 0.247 e. The summed E-state index contributed by atoms with van der Waals surface area (Å²) in [6, 6.07) is 8.77. The predicted octanol–water partition coefficient (Wildman–Crippen LogP) is 3.55. The fraction of sp³-hybridized carbons (Fsp3) is 0.333. The van der Waals surface area contributed by atoms with Crippen LogP contribution in [0.3, 0.4) is 0 Å². The molecule has 2 heterocycles. The molecule has 2 saturated heterocycles. The van der Waals surface area contributed by atoms with Gasteiger partial charge >= 0.3 is 0 Å². The molecule has 0 unspecified atom stereocenters. The molecular formula is C27H34Cl2N8O3. The highest BCUT2D eigenvalue weighted by Gasteiger charge is 2.31. The molecule has 1 atom stereocenters. The number of rotatable bonds is 9. The molecule has 0 radical (unpaired) electrons. The molecule has 2 aromatic carbocycles. The maximum absolute atomic E-state index is 12.3. The Balaban J connectivity index is 1.68. The summed E-state index contributed by atoms with van der Waals surface area (Å²) in [7, 11) is 3.64. The summed E-state index contributed by atoms with van der Waals surface area (Å²) in [6.45, 7) is 7.38. The number of nitrogens with one attached hydrogen (secondary N) is 2. The highest BCUT2D eigenvalue weighted by Crippen LogP contribution is 2.40. The largest absolute Gasteiger partial charge is 0.494 e. The normalized spacial score (nSPS) is 18.6. The van der Waals surface area contributed by atoms with Gasteiger partial charge < -0.3 is 31.0 Å². The van der Waals surface area contributed by atoms with Crippen LogP contribution in [0.1, 0.15) is 18.0 Å². The third-order valence-electron chi connectivity index (χ3n) is 6.75. The zero-order valence-corrected chi connectivity index (χ0v) is 24.0.